The molecule has 41 heavy (non-hydrogen) atoms. The number of nitrogen functional groups attached to an aromatic ring is 2. The molecule has 0 bridgehead atoms. The summed E-state index contributed by atoms with van der Waals surface area (Å²) in [6.45, 7) is 4.61. The Balaban J connectivity index is 2.28. The first-order valence-corrected chi connectivity index (χ1v) is 12.6. The van der Waals surface area contributed by atoms with Crippen molar-refractivity contribution < 1.29 is 33.1 Å². The first-order chi connectivity index (χ1) is 19.1. The van der Waals surface area contributed by atoms with Crippen LogP contribution in [0.2, 0.25) is 0 Å². The Morgan fingerprint density at radius 3 is 2.29 bits per heavy atom. The van der Waals surface area contributed by atoms with Gasteiger partial charge in [-0.2, -0.15) is 0 Å². The zero-order valence-corrected chi connectivity index (χ0v) is 23.5. The normalized spacial score (nSPS) is 12.4. The van der Waals surface area contributed by atoms with Gasteiger partial charge in [-0.15, -0.1) is 0 Å². The SMILES string of the molecule is COC(=O)N[C@](CCC(=O)OC(C)(C)C)(Cc1cccc(C(=N)N)c1)C(=O)NCC(=O)NCc1ccc(C(=N)N)o1. The van der Waals surface area contributed by atoms with Crippen LogP contribution in [0.25, 0.3) is 0 Å². The first-order valence-electron chi connectivity index (χ1n) is 12.6. The molecule has 14 heteroatoms. The maximum Gasteiger partial charge on any atom is 0.407 e. The molecule has 222 valence electrons. The number of amidine groups is 2. The van der Waals surface area contributed by atoms with Gasteiger partial charge in [0.2, 0.25) is 11.8 Å². The van der Waals surface area contributed by atoms with Gasteiger partial charge in [-0.05, 0) is 51.0 Å². The van der Waals surface area contributed by atoms with Crippen LogP contribution in [0.4, 0.5) is 4.79 Å². The minimum Gasteiger partial charge on any atom is -0.460 e. The maximum absolute atomic E-state index is 13.7. The summed E-state index contributed by atoms with van der Waals surface area (Å²) in [5.41, 5.74) is 9.38. The number of carbonyl (C=O) groups is 4. The number of nitrogens with two attached hydrogens (primary N) is 2. The molecule has 1 aromatic heterocycles. The zero-order chi connectivity index (χ0) is 30.8. The van der Waals surface area contributed by atoms with Gasteiger partial charge in [0.05, 0.1) is 20.2 Å². The van der Waals surface area contributed by atoms with Crippen LogP contribution in [-0.2, 0) is 36.8 Å². The van der Waals surface area contributed by atoms with Gasteiger partial charge in [-0.25, -0.2) is 4.79 Å². The minimum absolute atomic E-state index is 0.0238. The van der Waals surface area contributed by atoms with Crippen molar-refractivity contribution in [2.24, 2.45) is 11.5 Å². The third-order valence-electron chi connectivity index (χ3n) is 5.68. The molecule has 2 rings (SSSR count). The Bertz CT molecular complexity index is 1300. The summed E-state index contributed by atoms with van der Waals surface area (Å²) in [4.78, 5) is 51.2. The molecule has 0 saturated heterocycles. The van der Waals surface area contributed by atoms with E-state index in [2.05, 4.69) is 16.0 Å². The standard InChI is InChI=1S/C27H37N7O7/c1-26(2,3)41-21(36)10-11-27(34-25(38)39-4,13-16-6-5-7-17(12-16)22(28)29)24(37)33-15-20(35)32-14-18-8-9-19(40-18)23(30)31/h5-9,12H,10-11,13-15H2,1-4H3,(H3,28,29)(H3,30,31)(H,32,35)(H,33,37)(H,34,38)/t27-/m1/s1. The van der Waals surface area contributed by atoms with Crippen molar-refractivity contribution in [1.82, 2.24) is 16.0 Å². The third kappa shape index (κ3) is 10.3. The quantitative estimate of drug-likeness (QED) is 0.103. The first kappa shape index (κ1) is 32.3. The number of amides is 3. The fraction of sp³-hybridized carbons (Fsp3) is 0.407. The van der Waals surface area contributed by atoms with Crippen molar-refractivity contribution in [3.63, 3.8) is 0 Å². The van der Waals surface area contributed by atoms with Crippen LogP contribution in [0, 0.1) is 10.8 Å². The van der Waals surface area contributed by atoms with E-state index in [1.165, 1.54) is 6.07 Å². The van der Waals surface area contributed by atoms with E-state index in [-0.39, 0.29) is 43.2 Å². The van der Waals surface area contributed by atoms with Gasteiger partial charge in [0.1, 0.15) is 22.7 Å². The topological polar surface area (TPSA) is 236 Å². The van der Waals surface area contributed by atoms with Crippen molar-refractivity contribution in [3.05, 3.63) is 59.0 Å². The van der Waals surface area contributed by atoms with Crippen molar-refractivity contribution in [3.8, 4) is 0 Å². The lowest BCUT2D eigenvalue weighted by Gasteiger charge is -2.33. The monoisotopic (exact) mass is 571 g/mol. The fourth-order valence-corrected chi connectivity index (χ4v) is 3.79. The number of hydrogen-bond acceptors (Lipinski definition) is 9. The highest BCUT2D eigenvalue weighted by Crippen LogP contribution is 2.23. The molecular weight excluding hydrogens is 534 g/mol. The summed E-state index contributed by atoms with van der Waals surface area (Å²) < 4.78 is 15.5. The van der Waals surface area contributed by atoms with Gasteiger partial charge in [-0.1, -0.05) is 18.2 Å². The molecule has 9 N–H and O–H groups in total. The van der Waals surface area contributed by atoms with E-state index in [0.29, 0.717) is 16.9 Å². The predicted octanol–water partition coefficient (Wildman–Crippen LogP) is 1.04. The highest BCUT2D eigenvalue weighted by atomic mass is 16.6. The van der Waals surface area contributed by atoms with E-state index in [4.69, 9.17) is 36.2 Å². The predicted molar refractivity (Wildman–Crippen MR) is 149 cm³/mol. The smallest absolute Gasteiger partial charge is 0.407 e. The number of alkyl carbamates (subject to hydrolysis) is 1. The van der Waals surface area contributed by atoms with Gasteiger partial charge < -0.3 is 41.3 Å². The Labute approximate surface area is 237 Å². The second-order valence-electron chi connectivity index (χ2n) is 10.2. The Kier molecular flexibility index (Phi) is 11.0. The molecule has 0 saturated carbocycles. The molecule has 1 atom stereocenters. The van der Waals surface area contributed by atoms with Crippen LogP contribution >= 0.6 is 0 Å². The minimum atomic E-state index is -1.75. The second-order valence-corrected chi connectivity index (χ2v) is 10.2. The van der Waals surface area contributed by atoms with Gasteiger partial charge in [0.25, 0.3) is 0 Å². The van der Waals surface area contributed by atoms with Gasteiger partial charge in [-0.3, -0.25) is 25.2 Å². The lowest BCUT2D eigenvalue weighted by Crippen LogP contribution is -2.61. The van der Waals surface area contributed by atoms with Crippen molar-refractivity contribution in [1.29, 1.82) is 10.8 Å². The van der Waals surface area contributed by atoms with Crippen molar-refractivity contribution in [2.45, 2.75) is 57.7 Å². The molecule has 3 amide bonds. The van der Waals surface area contributed by atoms with Crippen LogP contribution in [-0.4, -0.2) is 60.3 Å². The number of methoxy groups -OCH3 is 1. The molecule has 1 heterocycles. The molecule has 0 unspecified atom stereocenters. The summed E-state index contributed by atoms with van der Waals surface area (Å²) in [5, 5.41) is 22.7. The molecule has 0 fully saturated rings. The van der Waals surface area contributed by atoms with Gasteiger partial charge in [0, 0.05) is 18.4 Å². The summed E-state index contributed by atoms with van der Waals surface area (Å²) in [5.74, 6) is -1.88. The molecule has 0 radical (unpaired) electrons. The second kappa shape index (κ2) is 14.0. The van der Waals surface area contributed by atoms with E-state index in [0.717, 1.165) is 7.11 Å². The summed E-state index contributed by atoms with van der Waals surface area (Å²) in [6.07, 6.45) is -1.51. The number of furan rings is 1. The molecule has 0 aliphatic heterocycles. The number of benzene rings is 1. The van der Waals surface area contributed by atoms with Gasteiger partial charge >= 0.3 is 12.1 Å². The molecule has 0 aliphatic rings. The molecule has 2 aromatic rings. The Morgan fingerprint density at radius 1 is 1.00 bits per heavy atom. The average Bonchev–Trinajstić information content (AvgIpc) is 3.38. The van der Waals surface area contributed by atoms with Crippen LogP contribution in [0.5, 0.6) is 0 Å². The molecular formula is C27H37N7O7. The van der Waals surface area contributed by atoms with E-state index in [1.54, 1.807) is 51.1 Å². The Morgan fingerprint density at radius 2 is 1.71 bits per heavy atom. The fourth-order valence-electron chi connectivity index (χ4n) is 3.79. The van der Waals surface area contributed by atoms with Gasteiger partial charge in [0.15, 0.2) is 11.6 Å². The van der Waals surface area contributed by atoms with Crippen LogP contribution in [0.15, 0.2) is 40.8 Å². The van der Waals surface area contributed by atoms with Crippen molar-refractivity contribution >= 4 is 35.5 Å². The molecule has 0 spiro atoms. The number of esters is 1. The number of carbonyl (C=O) groups excluding carboxylic acids is 4. The van der Waals surface area contributed by atoms with Crippen molar-refractivity contribution in [2.75, 3.05) is 13.7 Å². The van der Waals surface area contributed by atoms with E-state index in [9.17, 15) is 19.2 Å². The Hall–Kier alpha value is -4.88. The molecule has 1 aromatic carbocycles. The van der Waals surface area contributed by atoms with E-state index >= 15 is 0 Å². The number of hydrogen-bond donors (Lipinski definition) is 7. The van der Waals surface area contributed by atoms with E-state index < -0.39 is 41.6 Å². The lowest BCUT2D eigenvalue weighted by atomic mass is 9.84. The number of nitrogens with one attached hydrogen (secondary N) is 5. The van der Waals surface area contributed by atoms with E-state index in [1.807, 2.05) is 0 Å². The summed E-state index contributed by atoms with van der Waals surface area (Å²) >= 11 is 0. The molecule has 14 nitrogen and oxygen atoms in total. The number of rotatable bonds is 13. The zero-order valence-electron chi connectivity index (χ0n) is 23.5. The summed E-state index contributed by atoms with van der Waals surface area (Å²) in [6, 6.07) is 9.55. The highest BCUT2D eigenvalue weighted by Gasteiger charge is 2.41. The largest absolute Gasteiger partial charge is 0.460 e. The number of ether oxygens (including phenoxy) is 2. The summed E-state index contributed by atoms with van der Waals surface area (Å²) in [7, 11) is 1.13. The van der Waals surface area contributed by atoms with Crippen LogP contribution in [0.1, 0.15) is 56.3 Å². The highest BCUT2D eigenvalue weighted by molar-refractivity contribution is 5.96. The van der Waals surface area contributed by atoms with Crippen LogP contribution in [0.3, 0.4) is 0 Å². The average molecular weight is 572 g/mol. The third-order valence-corrected chi connectivity index (χ3v) is 5.68. The molecule has 0 aliphatic carbocycles. The maximum atomic E-state index is 13.7. The lowest BCUT2D eigenvalue weighted by molar-refractivity contribution is -0.155. The van der Waals surface area contributed by atoms with Crippen LogP contribution < -0.4 is 27.4 Å².